The predicted molar refractivity (Wildman–Crippen MR) is 104 cm³/mol. The summed E-state index contributed by atoms with van der Waals surface area (Å²) in [5, 5.41) is 11.4. The second kappa shape index (κ2) is 7.75. The second-order valence-corrected chi connectivity index (χ2v) is 6.05. The molecule has 3 heterocycles. The van der Waals surface area contributed by atoms with Gasteiger partial charge < -0.3 is 10.1 Å². The molecule has 4 aromatic rings. The van der Waals surface area contributed by atoms with Crippen molar-refractivity contribution in [2.45, 2.75) is 6.54 Å². The molecule has 0 aliphatic heterocycles. The lowest BCUT2D eigenvalue weighted by Gasteiger charge is -2.09. The van der Waals surface area contributed by atoms with E-state index in [1.54, 1.807) is 53.5 Å². The first kappa shape index (κ1) is 17.5. The Kier molecular flexibility index (Phi) is 4.83. The van der Waals surface area contributed by atoms with Crippen molar-refractivity contribution in [1.82, 2.24) is 24.5 Å². The Balaban J connectivity index is 1.46. The van der Waals surface area contributed by atoms with Crippen molar-refractivity contribution in [3.8, 4) is 22.6 Å². The number of pyridine rings is 1. The van der Waals surface area contributed by atoms with E-state index in [-0.39, 0.29) is 12.5 Å². The molecule has 0 saturated carbocycles. The molecule has 0 bridgehead atoms. The fraction of sp³-hybridized carbons (Fsp3) is 0.100. The van der Waals surface area contributed by atoms with Crippen LogP contribution in [0.15, 0.2) is 73.4 Å². The maximum Gasteiger partial charge on any atom is 0.247 e. The number of rotatable bonds is 6. The number of hydrogen-bond donors (Lipinski definition) is 1. The summed E-state index contributed by atoms with van der Waals surface area (Å²) in [4.78, 5) is 16.6. The van der Waals surface area contributed by atoms with Crippen molar-refractivity contribution in [2.75, 3.05) is 12.4 Å². The molecule has 0 radical (unpaired) electrons. The van der Waals surface area contributed by atoms with E-state index in [1.807, 2.05) is 36.4 Å². The van der Waals surface area contributed by atoms with Gasteiger partial charge in [0.15, 0.2) is 0 Å². The van der Waals surface area contributed by atoms with Crippen LogP contribution in [0.1, 0.15) is 0 Å². The molecule has 1 amide bonds. The van der Waals surface area contributed by atoms with Gasteiger partial charge in [0.1, 0.15) is 18.1 Å². The molecule has 0 atom stereocenters. The summed E-state index contributed by atoms with van der Waals surface area (Å²) in [7, 11) is 1.59. The number of anilines is 1. The monoisotopic (exact) mass is 374 g/mol. The van der Waals surface area contributed by atoms with Crippen molar-refractivity contribution in [1.29, 1.82) is 0 Å². The number of carbonyl (C=O) groups excluding carboxylic acids is 1. The summed E-state index contributed by atoms with van der Waals surface area (Å²) >= 11 is 0. The lowest BCUT2D eigenvalue weighted by atomic mass is 10.2. The summed E-state index contributed by atoms with van der Waals surface area (Å²) in [5.41, 5.74) is 2.59. The second-order valence-electron chi connectivity index (χ2n) is 6.05. The third kappa shape index (κ3) is 3.75. The van der Waals surface area contributed by atoms with Crippen LogP contribution in [0, 0.1) is 0 Å². The number of benzene rings is 1. The highest BCUT2D eigenvalue weighted by molar-refractivity contribution is 5.90. The van der Waals surface area contributed by atoms with E-state index in [0.717, 1.165) is 16.8 Å². The lowest BCUT2D eigenvalue weighted by molar-refractivity contribution is -0.116. The summed E-state index contributed by atoms with van der Waals surface area (Å²) in [6.45, 7) is 0.0807. The first-order valence-electron chi connectivity index (χ1n) is 8.64. The van der Waals surface area contributed by atoms with Gasteiger partial charge in [-0.15, -0.1) is 0 Å². The van der Waals surface area contributed by atoms with Crippen LogP contribution in [-0.4, -0.2) is 37.6 Å². The molecule has 0 aliphatic carbocycles. The van der Waals surface area contributed by atoms with Crippen molar-refractivity contribution < 1.29 is 9.53 Å². The lowest BCUT2D eigenvalue weighted by Crippen LogP contribution is -2.20. The Labute approximate surface area is 161 Å². The maximum atomic E-state index is 12.5. The molecule has 3 aromatic heterocycles. The van der Waals surface area contributed by atoms with Gasteiger partial charge in [-0.25, -0.2) is 4.68 Å². The third-order valence-electron chi connectivity index (χ3n) is 4.13. The molecule has 1 N–H and O–H groups in total. The Morgan fingerprint density at radius 2 is 1.93 bits per heavy atom. The molecule has 0 fully saturated rings. The number of para-hydroxylation sites is 1. The molecule has 28 heavy (non-hydrogen) atoms. The van der Waals surface area contributed by atoms with E-state index < -0.39 is 0 Å². The molecule has 1 aromatic carbocycles. The van der Waals surface area contributed by atoms with Crippen LogP contribution < -0.4 is 10.1 Å². The highest BCUT2D eigenvalue weighted by Crippen LogP contribution is 2.22. The Morgan fingerprint density at radius 1 is 1.07 bits per heavy atom. The minimum atomic E-state index is -0.198. The summed E-state index contributed by atoms with van der Waals surface area (Å²) < 4.78 is 8.44. The Morgan fingerprint density at radius 3 is 2.75 bits per heavy atom. The number of methoxy groups -OCH3 is 1. The fourth-order valence-corrected chi connectivity index (χ4v) is 2.79. The molecule has 8 nitrogen and oxygen atoms in total. The van der Waals surface area contributed by atoms with Gasteiger partial charge in [0.25, 0.3) is 0 Å². The average Bonchev–Trinajstić information content (AvgIpc) is 3.38. The van der Waals surface area contributed by atoms with E-state index in [1.165, 1.54) is 0 Å². The molecular formula is C20H18N6O2. The average molecular weight is 374 g/mol. The molecule has 0 saturated heterocycles. The van der Waals surface area contributed by atoms with E-state index in [0.29, 0.717) is 11.6 Å². The van der Waals surface area contributed by atoms with Crippen molar-refractivity contribution in [2.24, 2.45) is 0 Å². The number of carbonyl (C=O) groups is 1. The normalized spacial score (nSPS) is 10.6. The van der Waals surface area contributed by atoms with Crippen LogP contribution >= 0.6 is 0 Å². The van der Waals surface area contributed by atoms with Gasteiger partial charge in [0.2, 0.25) is 5.91 Å². The number of amides is 1. The van der Waals surface area contributed by atoms with Gasteiger partial charge in [-0.2, -0.15) is 10.2 Å². The van der Waals surface area contributed by atoms with Crippen molar-refractivity contribution in [3.63, 3.8) is 0 Å². The van der Waals surface area contributed by atoms with E-state index in [4.69, 9.17) is 4.74 Å². The van der Waals surface area contributed by atoms with Crippen LogP contribution in [0.25, 0.3) is 16.8 Å². The van der Waals surface area contributed by atoms with Crippen LogP contribution in [0.5, 0.6) is 5.75 Å². The van der Waals surface area contributed by atoms with Crippen LogP contribution in [0.4, 0.5) is 5.82 Å². The summed E-state index contributed by atoms with van der Waals surface area (Å²) in [6.07, 6.45) is 8.49. The topological polar surface area (TPSA) is 86.9 Å². The van der Waals surface area contributed by atoms with Gasteiger partial charge in [-0.3, -0.25) is 14.5 Å². The van der Waals surface area contributed by atoms with E-state index in [2.05, 4.69) is 20.5 Å². The Hall–Kier alpha value is -3.94. The van der Waals surface area contributed by atoms with Crippen LogP contribution in [0.2, 0.25) is 0 Å². The van der Waals surface area contributed by atoms with Gasteiger partial charge in [0.05, 0.1) is 31.4 Å². The zero-order valence-corrected chi connectivity index (χ0v) is 15.2. The summed E-state index contributed by atoms with van der Waals surface area (Å²) in [6, 6.07) is 13.2. The number of aromatic nitrogens is 5. The van der Waals surface area contributed by atoms with Crippen molar-refractivity contribution in [3.05, 3.63) is 73.4 Å². The Bertz CT molecular complexity index is 1090. The predicted octanol–water partition coefficient (Wildman–Crippen LogP) is 2.78. The van der Waals surface area contributed by atoms with Crippen LogP contribution in [0.3, 0.4) is 0 Å². The maximum absolute atomic E-state index is 12.5. The third-order valence-corrected chi connectivity index (χ3v) is 4.13. The van der Waals surface area contributed by atoms with Gasteiger partial charge in [-0.05, 0) is 18.2 Å². The molecule has 0 aliphatic rings. The number of ether oxygens (including phenoxy) is 1. The molecule has 4 rings (SSSR count). The number of nitrogens with zero attached hydrogens (tertiary/aromatic N) is 5. The minimum absolute atomic E-state index is 0.0807. The number of hydrogen-bond acceptors (Lipinski definition) is 5. The van der Waals surface area contributed by atoms with Gasteiger partial charge >= 0.3 is 0 Å². The van der Waals surface area contributed by atoms with Crippen LogP contribution in [-0.2, 0) is 11.3 Å². The zero-order valence-electron chi connectivity index (χ0n) is 15.2. The summed E-state index contributed by atoms with van der Waals surface area (Å²) in [5.74, 6) is 1.06. The van der Waals surface area contributed by atoms with E-state index >= 15 is 0 Å². The standard InChI is InChI=1S/C20H18N6O2/c1-28-18-9-15(10-21-12-18)16-11-23-25(13-16)14-20(27)24-19-7-8-22-26(19)17-5-3-2-4-6-17/h2-13H,14H2,1H3,(H,24,27). The van der Waals surface area contributed by atoms with E-state index in [9.17, 15) is 4.79 Å². The van der Waals surface area contributed by atoms with Gasteiger partial charge in [-0.1, -0.05) is 18.2 Å². The van der Waals surface area contributed by atoms with Crippen molar-refractivity contribution >= 4 is 11.7 Å². The SMILES string of the molecule is COc1cncc(-c2cnn(CC(=O)Nc3ccnn3-c3ccccc3)c2)c1. The zero-order chi connectivity index (χ0) is 19.3. The van der Waals surface area contributed by atoms with Gasteiger partial charge in [0, 0.05) is 29.6 Å². The molecule has 0 spiro atoms. The minimum Gasteiger partial charge on any atom is -0.495 e. The largest absolute Gasteiger partial charge is 0.495 e. The number of nitrogens with one attached hydrogen (secondary N) is 1. The quantitative estimate of drug-likeness (QED) is 0.561. The first-order chi connectivity index (χ1) is 13.7. The highest BCUT2D eigenvalue weighted by Gasteiger charge is 2.11. The fourth-order valence-electron chi connectivity index (χ4n) is 2.79. The molecule has 0 unspecified atom stereocenters. The molecular weight excluding hydrogens is 356 g/mol. The first-order valence-corrected chi connectivity index (χ1v) is 8.64. The molecule has 8 heteroatoms. The highest BCUT2D eigenvalue weighted by atomic mass is 16.5. The smallest absolute Gasteiger partial charge is 0.247 e. The molecule has 140 valence electrons.